The normalized spacial score (nSPS) is 19.4. The third-order valence-electron chi connectivity index (χ3n) is 4.03. The standard InChI is InChI=1S/C18H17N3O4/c1-25-10-9-21-15(13-3-2-6-20-11-13)14(17(23)18(21)24)16(22)12-4-7-19-8-5-12/h2-8,11,15,22H,9-10H2,1H3/b16-14-. The number of ketones is 1. The predicted molar refractivity (Wildman–Crippen MR) is 89.4 cm³/mol. The van der Waals surface area contributed by atoms with Crippen molar-refractivity contribution in [2.24, 2.45) is 0 Å². The summed E-state index contributed by atoms with van der Waals surface area (Å²) in [5, 5.41) is 10.7. The monoisotopic (exact) mass is 339 g/mol. The van der Waals surface area contributed by atoms with E-state index in [0.29, 0.717) is 11.1 Å². The molecule has 2 aromatic heterocycles. The fraction of sp³-hybridized carbons (Fsp3) is 0.222. The van der Waals surface area contributed by atoms with Crippen molar-refractivity contribution in [3.63, 3.8) is 0 Å². The first-order valence-electron chi connectivity index (χ1n) is 7.72. The van der Waals surface area contributed by atoms with Crippen molar-refractivity contribution in [2.45, 2.75) is 6.04 Å². The zero-order valence-corrected chi connectivity index (χ0v) is 13.6. The van der Waals surface area contributed by atoms with Gasteiger partial charge < -0.3 is 14.7 Å². The minimum atomic E-state index is -0.723. The molecule has 0 spiro atoms. The number of carbonyl (C=O) groups excluding carboxylic acids is 2. The number of amides is 1. The summed E-state index contributed by atoms with van der Waals surface area (Å²) in [6.45, 7) is 0.507. The summed E-state index contributed by atoms with van der Waals surface area (Å²) in [5.41, 5.74) is 1.11. The number of ether oxygens (including phenoxy) is 1. The second-order valence-electron chi connectivity index (χ2n) is 5.51. The number of hydrogen-bond donors (Lipinski definition) is 1. The molecule has 7 nitrogen and oxygen atoms in total. The van der Waals surface area contributed by atoms with E-state index in [4.69, 9.17) is 4.74 Å². The number of aliphatic hydroxyl groups is 1. The largest absolute Gasteiger partial charge is 0.507 e. The Morgan fingerprint density at radius 2 is 1.96 bits per heavy atom. The van der Waals surface area contributed by atoms with Gasteiger partial charge in [-0.25, -0.2) is 0 Å². The van der Waals surface area contributed by atoms with Crippen molar-refractivity contribution in [3.05, 3.63) is 65.8 Å². The van der Waals surface area contributed by atoms with Gasteiger partial charge in [-0.05, 0) is 23.8 Å². The van der Waals surface area contributed by atoms with E-state index in [9.17, 15) is 14.7 Å². The highest BCUT2D eigenvalue weighted by molar-refractivity contribution is 6.46. The lowest BCUT2D eigenvalue weighted by Crippen LogP contribution is -2.32. The summed E-state index contributed by atoms with van der Waals surface area (Å²) in [7, 11) is 1.52. The van der Waals surface area contributed by atoms with Gasteiger partial charge in [0.25, 0.3) is 11.7 Å². The summed E-state index contributed by atoms with van der Waals surface area (Å²) in [5.74, 6) is -1.62. The van der Waals surface area contributed by atoms with E-state index in [2.05, 4.69) is 9.97 Å². The highest BCUT2D eigenvalue weighted by atomic mass is 16.5. The van der Waals surface area contributed by atoms with Crippen LogP contribution in [-0.4, -0.2) is 51.9 Å². The molecule has 0 bridgehead atoms. The number of carbonyl (C=O) groups is 2. The van der Waals surface area contributed by atoms with Crippen molar-refractivity contribution in [1.29, 1.82) is 0 Å². The lowest BCUT2D eigenvalue weighted by atomic mass is 9.96. The van der Waals surface area contributed by atoms with Gasteiger partial charge in [0.15, 0.2) is 0 Å². The molecule has 3 heterocycles. The van der Waals surface area contributed by atoms with Gasteiger partial charge >= 0.3 is 0 Å². The lowest BCUT2D eigenvalue weighted by Gasteiger charge is -2.24. The molecule has 3 rings (SSSR count). The number of Topliss-reactive ketones (excluding diaryl/α,β-unsaturated/α-hetero) is 1. The summed E-state index contributed by atoms with van der Waals surface area (Å²) in [6, 6.07) is 5.94. The van der Waals surface area contributed by atoms with E-state index in [0.717, 1.165) is 0 Å². The van der Waals surface area contributed by atoms with E-state index < -0.39 is 17.7 Å². The third kappa shape index (κ3) is 3.14. The van der Waals surface area contributed by atoms with Crippen LogP contribution in [0.2, 0.25) is 0 Å². The first kappa shape index (κ1) is 16.8. The molecule has 2 aromatic rings. The van der Waals surface area contributed by atoms with Crippen LogP contribution in [0.1, 0.15) is 17.2 Å². The Labute approximate surface area is 144 Å². The Hall–Kier alpha value is -3.06. The highest BCUT2D eigenvalue weighted by Crippen LogP contribution is 2.38. The molecule has 128 valence electrons. The molecule has 7 heteroatoms. The zero-order valence-electron chi connectivity index (χ0n) is 13.6. The number of pyridine rings is 2. The summed E-state index contributed by atoms with van der Waals surface area (Å²) < 4.78 is 5.04. The molecule has 1 N–H and O–H groups in total. The maximum atomic E-state index is 12.6. The van der Waals surface area contributed by atoms with Gasteiger partial charge in [-0.1, -0.05) is 6.07 Å². The minimum Gasteiger partial charge on any atom is -0.507 e. The number of aliphatic hydroxyl groups excluding tert-OH is 1. The quantitative estimate of drug-likeness (QED) is 0.505. The smallest absolute Gasteiger partial charge is 0.295 e. The average Bonchev–Trinajstić information content (AvgIpc) is 2.91. The number of methoxy groups -OCH3 is 1. The lowest BCUT2D eigenvalue weighted by molar-refractivity contribution is -0.140. The van der Waals surface area contributed by atoms with E-state index in [1.807, 2.05) is 0 Å². The fourth-order valence-corrected chi connectivity index (χ4v) is 2.85. The van der Waals surface area contributed by atoms with Gasteiger partial charge in [0.2, 0.25) is 0 Å². The van der Waals surface area contributed by atoms with Gasteiger partial charge in [0, 0.05) is 44.0 Å². The summed E-state index contributed by atoms with van der Waals surface area (Å²) in [4.78, 5) is 34.4. The molecule has 1 unspecified atom stereocenters. The first-order valence-corrected chi connectivity index (χ1v) is 7.72. The maximum absolute atomic E-state index is 12.6. The van der Waals surface area contributed by atoms with Crippen molar-refractivity contribution < 1.29 is 19.4 Å². The Bertz CT molecular complexity index is 806. The Morgan fingerprint density at radius 3 is 2.60 bits per heavy atom. The van der Waals surface area contributed by atoms with Gasteiger partial charge in [0.05, 0.1) is 18.2 Å². The number of nitrogens with zero attached hydrogens (tertiary/aromatic N) is 3. The minimum absolute atomic E-state index is 0.0419. The molecule has 1 aliphatic rings. The summed E-state index contributed by atoms with van der Waals surface area (Å²) in [6.07, 6.45) is 6.20. The number of aromatic nitrogens is 2. The molecule has 0 radical (unpaired) electrons. The van der Waals surface area contributed by atoms with Crippen LogP contribution in [0.15, 0.2) is 54.6 Å². The average molecular weight is 339 g/mol. The van der Waals surface area contributed by atoms with Gasteiger partial charge in [-0.15, -0.1) is 0 Å². The molecule has 1 amide bonds. The second kappa shape index (κ2) is 7.23. The van der Waals surface area contributed by atoms with Crippen molar-refractivity contribution in [3.8, 4) is 0 Å². The summed E-state index contributed by atoms with van der Waals surface area (Å²) >= 11 is 0. The topological polar surface area (TPSA) is 92.6 Å². The molecular weight excluding hydrogens is 322 g/mol. The number of rotatable bonds is 5. The Kier molecular flexibility index (Phi) is 4.85. The number of likely N-dealkylation sites (tertiary alicyclic amines) is 1. The fourth-order valence-electron chi connectivity index (χ4n) is 2.85. The van der Waals surface area contributed by atoms with Crippen molar-refractivity contribution >= 4 is 17.4 Å². The third-order valence-corrected chi connectivity index (χ3v) is 4.03. The molecule has 1 aliphatic heterocycles. The van der Waals surface area contributed by atoms with Crippen molar-refractivity contribution in [2.75, 3.05) is 20.3 Å². The highest BCUT2D eigenvalue weighted by Gasteiger charge is 2.45. The molecule has 1 atom stereocenters. The van der Waals surface area contributed by atoms with Crippen LogP contribution in [0.5, 0.6) is 0 Å². The van der Waals surface area contributed by atoms with Crippen molar-refractivity contribution in [1.82, 2.24) is 14.9 Å². The van der Waals surface area contributed by atoms with Crippen LogP contribution < -0.4 is 0 Å². The number of hydrogen-bond acceptors (Lipinski definition) is 6. The van der Waals surface area contributed by atoms with Crippen LogP contribution in [0.4, 0.5) is 0 Å². The van der Waals surface area contributed by atoms with Crippen LogP contribution in [0.25, 0.3) is 5.76 Å². The van der Waals surface area contributed by atoms with Gasteiger partial charge in [0.1, 0.15) is 5.76 Å². The second-order valence-corrected chi connectivity index (χ2v) is 5.51. The molecule has 0 saturated carbocycles. The zero-order chi connectivity index (χ0) is 17.8. The van der Waals surface area contributed by atoms with Crippen LogP contribution in [0.3, 0.4) is 0 Å². The maximum Gasteiger partial charge on any atom is 0.295 e. The van der Waals surface area contributed by atoms with Gasteiger partial charge in [-0.2, -0.15) is 0 Å². The van der Waals surface area contributed by atoms with Crippen LogP contribution in [0, 0.1) is 0 Å². The van der Waals surface area contributed by atoms with Crippen LogP contribution >= 0.6 is 0 Å². The molecule has 0 aromatic carbocycles. The SMILES string of the molecule is COCCN1C(=O)C(=O)/C(=C(\O)c2ccncc2)C1c1cccnc1. The first-order chi connectivity index (χ1) is 12.1. The molecule has 1 saturated heterocycles. The van der Waals surface area contributed by atoms with E-state index in [-0.39, 0.29) is 24.5 Å². The van der Waals surface area contributed by atoms with E-state index in [1.165, 1.54) is 24.4 Å². The molecule has 0 aliphatic carbocycles. The van der Waals surface area contributed by atoms with E-state index >= 15 is 0 Å². The molecular formula is C18H17N3O4. The van der Waals surface area contributed by atoms with Gasteiger partial charge in [-0.3, -0.25) is 19.6 Å². The predicted octanol–water partition coefficient (Wildman–Crippen LogP) is 1.54. The molecule has 25 heavy (non-hydrogen) atoms. The Balaban J connectivity index is 2.14. The Morgan fingerprint density at radius 1 is 1.20 bits per heavy atom. The molecule has 1 fully saturated rings. The van der Waals surface area contributed by atoms with E-state index in [1.54, 1.807) is 36.7 Å². The van der Waals surface area contributed by atoms with Crippen LogP contribution in [-0.2, 0) is 14.3 Å².